The maximum Gasteiger partial charge on any atom is 0.309 e. The third-order valence-electron chi connectivity index (χ3n) is 2.67. The third kappa shape index (κ3) is 2.83. The molecule has 0 atom stereocenters. The number of halogens is 1. The van der Waals surface area contributed by atoms with Crippen molar-refractivity contribution >= 4 is 32.2 Å². The molecular weight excluding hydrogens is 323 g/mol. The number of benzene rings is 1. The number of nitro groups is 1. The molecule has 8 nitrogen and oxygen atoms in total. The molecule has 0 saturated carbocycles. The van der Waals surface area contributed by atoms with Gasteiger partial charge in [-0.2, -0.15) is 4.39 Å². The van der Waals surface area contributed by atoms with Gasteiger partial charge in [0, 0.05) is 11.5 Å². The predicted molar refractivity (Wildman–Crippen MR) is 73.2 cm³/mol. The maximum atomic E-state index is 13.6. The molecule has 0 aliphatic carbocycles. The van der Waals surface area contributed by atoms with Gasteiger partial charge in [0.25, 0.3) is 10.0 Å². The fraction of sp³-hybridized carbons (Fsp3) is 0.200. The van der Waals surface area contributed by atoms with Gasteiger partial charge in [-0.3, -0.25) is 14.8 Å². The molecule has 0 saturated heterocycles. The highest BCUT2D eigenvalue weighted by Crippen LogP contribution is 2.32. The Morgan fingerprint density at radius 2 is 2.10 bits per heavy atom. The van der Waals surface area contributed by atoms with Crippen molar-refractivity contribution in [3.05, 3.63) is 39.3 Å². The highest BCUT2D eigenvalue weighted by molar-refractivity contribution is 7.93. The number of aryl methyl sites for hydroxylation is 1. The van der Waals surface area contributed by atoms with Crippen molar-refractivity contribution in [2.45, 2.75) is 18.7 Å². The lowest BCUT2D eigenvalue weighted by molar-refractivity contribution is -0.388. The van der Waals surface area contributed by atoms with E-state index in [4.69, 9.17) is 0 Å². The Labute approximate surface area is 123 Å². The molecule has 0 bridgehead atoms. The van der Waals surface area contributed by atoms with E-state index in [1.807, 2.05) is 0 Å². The maximum absolute atomic E-state index is 13.6. The van der Waals surface area contributed by atoms with Gasteiger partial charge in [0.05, 0.1) is 16.7 Å². The van der Waals surface area contributed by atoms with Crippen molar-refractivity contribution < 1.29 is 17.7 Å². The second-order valence-electron chi connectivity index (χ2n) is 4.12. The number of nitrogens with zero attached hydrogens (tertiary/aromatic N) is 3. The van der Waals surface area contributed by atoms with Crippen LogP contribution in [0, 0.1) is 29.8 Å². The van der Waals surface area contributed by atoms with Crippen LogP contribution in [0.15, 0.2) is 17.2 Å². The van der Waals surface area contributed by atoms with Crippen LogP contribution in [0.25, 0.3) is 0 Å². The zero-order valence-electron chi connectivity index (χ0n) is 10.8. The van der Waals surface area contributed by atoms with Crippen LogP contribution in [0.3, 0.4) is 0 Å². The summed E-state index contributed by atoms with van der Waals surface area (Å²) in [6, 6.07) is 0.824. The molecule has 21 heavy (non-hydrogen) atoms. The first-order valence-electron chi connectivity index (χ1n) is 5.48. The molecule has 0 radical (unpaired) electrons. The number of hydrogen-bond acceptors (Lipinski definition) is 7. The Morgan fingerprint density at radius 1 is 1.43 bits per heavy atom. The quantitative estimate of drug-likeness (QED) is 0.676. The van der Waals surface area contributed by atoms with Gasteiger partial charge in [-0.25, -0.2) is 8.42 Å². The molecule has 1 aromatic carbocycles. The fourth-order valence-electron chi connectivity index (χ4n) is 1.94. The summed E-state index contributed by atoms with van der Waals surface area (Å²) in [4.78, 5) is 9.61. The molecule has 2 rings (SSSR count). The number of nitro benzene ring substituents is 1. The Balaban J connectivity index is 2.63. The van der Waals surface area contributed by atoms with E-state index in [2.05, 4.69) is 14.3 Å². The number of anilines is 1. The number of sulfonamides is 1. The van der Waals surface area contributed by atoms with Crippen molar-refractivity contribution in [1.82, 2.24) is 9.59 Å². The summed E-state index contributed by atoms with van der Waals surface area (Å²) in [5.74, 6) is -1.08. The van der Waals surface area contributed by atoms with Crippen LogP contribution in [0.5, 0.6) is 0 Å². The standard InChI is InChI=1S/C10H9FN4O4S2/c1-5-3-7(11)9(15(16)17)6(2)10(5)21(18,19)13-8-4-12-14-20-8/h3-4,13H,1-2H3. The van der Waals surface area contributed by atoms with Gasteiger partial charge in [0.15, 0.2) is 0 Å². The second kappa shape index (κ2) is 5.33. The smallest absolute Gasteiger partial charge is 0.268 e. The summed E-state index contributed by atoms with van der Waals surface area (Å²) in [6.07, 6.45) is 1.20. The minimum absolute atomic E-state index is 0.0700. The van der Waals surface area contributed by atoms with Crippen LogP contribution in [-0.2, 0) is 10.0 Å². The number of hydrogen-bond donors (Lipinski definition) is 1. The van der Waals surface area contributed by atoms with Crippen molar-refractivity contribution in [1.29, 1.82) is 0 Å². The van der Waals surface area contributed by atoms with Crippen molar-refractivity contribution in [2.24, 2.45) is 0 Å². The molecule has 0 aliphatic heterocycles. The topological polar surface area (TPSA) is 115 Å². The summed E-state index contributed by atoms with van der Waals surface area (Å²) in [6.45, 7) is 2.55. The number of nitrogens with one attached hydrogen (secondary N) is 1. The van der Waals surface area contributed by atoms with Crippen LogP contribution in [0.2, 0.25) is 0 Å². The van der Waals surface area contributed by atoms with E-state index in [1.54, 1.807) is 0 Å². The molecule has 0 amide bonds. The molecule has 0 spiro atoms. The normalized spacial score (nSPS) is 11.4. The highest BCUT2D eigenvalue weighted by atomic mass is 32.2. The zero-order valence-corrected chi connectivity index (χ0v) is 12.5. The Kier molecular flexibility index (Phi) is 3.87. The Bertz CT molecular complexity index is 805. The second-order valence-corrected chi connectivity index (χ2v) is 6.53. The SMILES string of the molecule is Cc1cc(F)c([N+](=O)[O-])c(C)c1S(=O)(=O)Nc1cnns1. The summed E-state index contributed by atoms with van der Waals surface area (Å²) >= 11 is 0.810. The molecular formula is C10H9FN4O4S2. The summed E-state index contributed by atoms with van der Waals surface area (Å²) < 4.78 is 44.0. The Hall–Kier alpha value is -2.14. The van der Waals surface area contributed by atoms with Gasteiger partial charge in [0.1, 0.15) is 9.90 Å². The van der Waals surface area contributed by atoms with Crippen LogP contribution in [0.4, 0.5) is 15.1 Å². The molecule has 1 heterocycles. The van der Waals surface area contributed by atoms with Gasteiger partial charge >= 0.3 is 5.69 Å². The highest BCUT2D eigenvalue weighted by Gasteiger charge is 2.29. The minimum Gasteiger partial charge on any atom is -0.268 e. The lowest BCUT2D eigenvalue weighted by Gasteiger charge is -2.12. The summed E-state index contributed by atoms with van der Waals surface area (Å²) in [5.41, 5.74) is -1.05. The lowest BCUT2D eigenvalue weighted by Crippen LogP contribution is -2.16. The van der Waals surface area contributed by atoms with E-state index in [-0.39, 0.29) is 21.0 Å². The first kappa shape index (κ1) is 15.3. The van der Waals surface area contributed by atoms with Gasteiger partial charge < -0.3 is 0 Å². The molecule has 0 fully saturated rings. The van der Waals surface area contributed by atoms with Crippen LogP contribution < -0.4 is 4.72 Å². The third-order valence-corrected chi connectivity index (χ3v) is 5.03. The lowest BCUT2D eigenvalue weighted by atomic mass is 10.1. The number of rotatable bonds is 4. The summed E-state index contributed by atoms with van der Waals surface area (Å²) in [5, 5.41) is 14.5. The van der Waals surface area contributed by atoms with E-state index < -0.39 is 26.5 Å². The van der Waals surface area contributed by atoms with Crippen LogP contribution >= 0.6 is 11.5 Å². The van der Waals surface area contributed by atoms with Gasteiger partial charge in [-0.15, -0.1) is 5.10 Å². The van der Waals surface area contributed by atoms with E-state index >= 15 is 0 Å². The molecule has 2 aromatic rings. The van der Waals surface area contributed by atoms with E-state index in [0.29, 0.717) is 0 Å². The number of aromatic nitrogens is 2. The first-order chi connectivity index (χ1) is 9.74. The molecule has 1 aromatic heterocycles. The van der Waals surface area contributed by atoms with Crippen molar-refractivity contribution in [3.63, 3.8) is 0 Å². The van der Waals surface area contributed by atoms with E-state index in [9.17, 15) is 22.9 Å². The van der Waals surface area contributed by atoms with Crippen LogP contribution in [0.1, 0.15) is 11.1 Å². The summed E-state index contributed by atoms with van der Waals surface area (Å²) in [7, 11) is -4.11. The van der Waals surface area contributed by atoms with E-state index in [1.165, 1.54) is 20.0 Å². The monoisotopic (exact) mass is 332 g/mol. The molecule has 11 heteroatoms. The Morgan fingerprint density at radius 3 is 2.62 bits per heavy atom. The van der Waals surface area contributed by atoms with Crippen molar-refractivity contribution in [2.75, 3.05) is 4.72 Å². The minimum atomic E-state index is -4.11. The van der Waals surface area contributed by atoms with Gasteiger partial charge in [-0.05, 0) is 25.5 Å². The molecule has 0 aliphatic rings. The zero-order chi connectivity index (χ0) is 15.8. The average molecular weight is 332 g/mol. The first-order valence-corrected chi connectivity index (χ1v) is 7.74. The molecule has 1 N–H and O–H groups in total. The van der Waals surface area contributed by atoms with Gasteiger partial charge in [0.2, 0.25) is 5.82 Å². The average Bonchev–Trinajstić information content (AvgIpc) is 2.78. The predicted octanol–water partition coefficient (Wildman–Crippen LogP) is 2.00. The largest absolute Gasteiger partial charge is 0.309 e. The van der Waals surface area contributed by atoms with Gasteiger partial charge in [-0.1, -0.05) is 4.49 Å². The van der Waals surface area contributed by atoms with E-state index in [0.717, 1.165) is 17.6 Å². The van der Waals surface area contributed by atoms with Crippen LogP contribution in [-0.4, -0.2) is 22.9 Å². The van der Waals surface area contributed by atoms with Crippen molar-refractivity contribution in [3.8, 4) is 0 Å². The molecule has 0 unspecified atom stereocenters. The molecule has 112 valence electrons. The fourth-order valence-corrected chi connectivity index (χ4v) is 4.10.